The van der Waals surface area contributed by atoms with E-state index in [0.29, 0.717) is 31.6 Å². The largest absolute Gasteiger partial charge is 0.490 e. The van der Waals surface area contributed by atoms with E-state index in [2.05, 4.69) is 15.5 Å². The van der Waals surface area contributed by atoms with Gasteiger partial charge in [0.05, 0.1) is 19.8 Å². The Morgan fingerprint density at radius 1 is 1.08 bits per heavy atom. The third-order valence-corrected chi connectivity index (χ3v) is 8.04. The first-order valence-electron chi connectivity index (χ1n) is 11.9. The third kappa shape index (κ3) is 3.66. The normalized spacial score (nSPS) is 25.9. The van der Waals surface area contributed by atoms with Gasteiger partial charge in [-0.2, -0.15) is 0 Å². The Kier molecular flexibility index (Phi) is 5.43. The molecule has 4 aliphatic rings. The minimum absolute atomic E-state index is 0.125. The molecule has 2 heterocycles. The molecular weight excluding hydrogens is 492 g/mol. The Bertz CT molecular complexity index is 1320. The van der Waals surface area contributed by atoms with Crippen LogP contribution in [0.2, 0.25) is 0 Å². The van der Waals surface area contributed by atoms with Crippen molar-refractivity contribution < 1.29 is 32.1 Å². The molecule has 0 radical (unpaired) electrons. The van der Waals surface area contributed by atoms with Crippen LogP contribution in [0.5, 0.6) is 5.75 Å². The fourth-order valence-electron chi connectivity index (χ4n) is 6.03. The van der Waals surface area contributed by atoms with Crippen LogP contribution in [0.25, 0.3) is 0 Å². The van der Waals surface area contributed by atoms with Crippen molar-refractivity contribution in [3.8, 4) is 5.75 Å². The van der Waals surface area contributed by atoms with Crippen molar-refractivity contribution in [3.05, 3.63) is 83.2 Å². The summed E-state index contributed by atoms with van der Waals surface area (Å²) in [5, 5.41) is 21.9. The maximum Gasteiger partial charge on any atom is 0.287 e. The molecule has 3 aromatic rings. The van der Waals surface area contributed by atoms with Crippen LogP contribution in [0.15, 0.2) is 60.4 Å². The van der Waals surface area contributed by atoms with E-state index in [1.165, 1.54) is 5.57 Å². The second-order valence-corrected chi connectivity index (χ2v) is 10.3. The number of benzene rings is 2. The first kappa shape index (κ1) is 24.1. The summed E-state index contributed by atoms with van der Waals surface area (Å²) in [7, 11) is 0. The quantitative estimate of drug-likeness (QED) is 0.343. The van der Waals surface area contributed by atoms with Gasteiger partial charge >= 0.3 is 0 Å². The number of nitrogens with zero attached hydrogens (tertiary/aromatic N) is 4. The lowest BCUT2D eigenvalue weighted by molar-refractivity contribution is -0.347. The van der Waals surface area contributed by atoms with E-state index in [1.807, 2.05) is 30.3 Å². The second-order valence-electron chi connectivity index (χ2n) is 10.3. The molecule has 194 valence electrons. The van der Waals surface area contributed by atoms with E-state index in [1.54, 1.807) is 0 Å². The molecule has 37 heavy (non-hydrogen) atoms. The predicted octanol–water partition coefficient (Wildman–Crippen LogP) is 3.93. The van der Waals surface area contributed by atoms with Gasteiger partial charge in [-0.3, -0.25) is 0 Å². The summed E-state index contributed by atoms with van der Waals surface area (Å²) in [5.41, 5.74) is -3.56. The van der Waals surface area contributed by atoms with Crippen LogP contribution < -0.4 is 4.74 Å². The number of hydrogen-bond donors (Lipinski definition) is 1. The molecule has 0 unspecified atom stereocenters. The van der Waals surface area contributed by atoms with Crippen molar-refractivity contribution in [3.63, 3.8) is 0 Å². The molecule has 2 bridgehead atoms. The van der Waals surface area contributed by atoms with E-state index in [4.69, 9.17) is 9.47 Å². The Balaban J connectivity index is 1.21. The number of tetrazole rings is 1. The molecule has 7 rings (SSSR count). The van der Waals surface area contributed by atoms with Crippen molar-refractivity contribution >= 4 is 0 Å². The van der Waals surface area contributed by atoms with Gasteiger partial charge in [0.25, 0.3) is 5.92 Å². The van der Waals surface area contributed by atoms with Crippen LogP contribution in [0.4, 0.5) is 17.6 Å². The summed E-state index contributed by atoms with van der Waals surface area (Å²) < 4.78 is 72.5. The van der Waals surface area contributed by atoms with Gasteiger partial charge in [-0.15, -0.1) is 5.10 Å². The number of aliphatic hydroxyl groups is 1. The summed E-state index contributed by atoms with van der Waals surface area (Å²) >= 11 is 0. The van der Waals surface area contributed by atoms with E-state index in [0.717, 1.165) is 28.7 Å². The SMILES string of the molecule is O[C@@](Cn1cnnn1)(c1ccc(F)cc1F)C(F)(F)C12CC(c3ccc(OCC=C4COC4)cc3)(C1)C2. The molecule has 1 aromatic heterocycles. The summed E-state index contributed by atoms with van der Waals surface area (Å²) in [6, 6.07) is 9.58. The molecule has 1 aliphatic heterocycles. The van der Waals surface area contributed by atoms with Gasteiger partial charge in [0.1, 0.15) is 30.3 Å². The van der Waals surface area contributed by atoms with Crippen LogP contribution >= 0.6 is 0 Å². The maximum atomic E-state index is 16.3. The highest BCUT2D eigenvalue weighted by atomic mass is 19.3. The first-order valence-corrected chi connectivity index (χ1v) is 11.9. The highest BCUT2D eigenvalue weighted by molar-refractivity contribution is 5.44. The number of halogens is 4. The monoisotopic (exact) mass is 516 g/mol. The molecule has 1 N–H and O–H groups in total. The molecule has 3 aliphatic carbocycles. The molecule has 3 saturated carbocycles. The number of hydrogen-bond acceptors (Lipinski definition) is 6. The van der Waals surface area contributed by atoms with Crippen LogP contribution in [0.1, 0.15) is 30.4 Å². The standard InChI is InChI=1S/C26H24F4N4O3/c27-19-3-6-21(22(28)9-19)25(35,15-34-16-31-32-33-34)26(29,30)24-12-23(13-24,14-24)18-1-4-20(5-2-18)37-8-7-17-10-36-11-17/h1-7,9,16,35H,8,10-15H2/t23?,24?,25-/m0/s1. The summed E-state index contributed by atoms with van der Waals surface area (Å²) in [6.07, 6.45) is 3.41. The first-order chi connectivity index (χ1) is 17.7. The maximum absolute atomic E-state index is 16.3. The van der Waals surface area contributed by atoms with E-state index < -0.39 is 46.1 Å². The topological polar surface area (TPSA) is 82.3 Å². The lowest BCUT2D eigenvalue weighted by Crippen LogP contribution is -2.76. The average molecular weight is 516 g/mol. The zero-order chi connectivity index (χ0) is 25.9. The highest BCUT2D eigenvalue weighted by Gasteiger charge is 2.82. The highest BCUT2D eigenvalue weighted by Crippen LogP contribution is 2.80. The van der Waals surface area contributed by atoms with Gasteiger partial charge in [-0.1, -0.05) is 12.1 Å². The Labute approximate surface area is 209 Å². The van der Waals surface area contributed by atoms with Gasteiger partial charge < -0.3 is 14.6 Å². The summed E-state index contributed by atoms with van der Waals surface area (Å²) in [4.78, 5) is 0. The van der Waals surface area contributed by atoms with Gasteiger partial charge in [0.15, 0.2) is 5.60 Å². The number of aromatic nitrogens is 4. The molecule has 0 spiro atoms. The summed E-state index contributed by atoms with van der Waals surface area (Å²) in [6.45, 7) is 0.905. The Morgan fingerprint density at radius 2 is 1.81 bits per heavy atom. The zero-order valence-electron chi connectivity index (χ0n) is 19.7. The minimum atomic E-state index is -3.76. The van der Waals surface area contributed by atoms with Crippen molar-refractivity contribution in [2.24, 2.45) is 5.41 Å². The van der Waals surface area contributed by atoms with Crippen molar-refractivity contribution in [1.82, 2.24) is 20.2 Å². The fourth-order valence-corrected chi connectivity index (χ4v) is 6.03. The van der Waals surface area contributed by atoms with Crippen molar-refractivity contribution in [1.29, 1.82) is 0 Å². The van der Waals surface area contributed by atoms with Crippen LogP contribution in [-0.2, 0) is 22.3 Å². The van der Waals surface area contributed by atoms with Crippen LogP contribution in [-0.4, -0.2) is 51.1 Å². The lowest BCUT2D eigenvalue weighted by atomic mass is 9.30. The van der Waals surface area contributed by atoms with Gasteiger partial charge in [-0.05, 0) is 76.6 Å². The number of ether oxygens (including phenoxy) is 2. The van der Waals surface area contributed by atoms with E-state index in [9.17, 15) is 13.9 Å². The van der Waals surface area contributed by atoms with Crippen molar-refractivity contribution in [2.75, 3.05) is 19.8 Å². The number of alkyl halides is 2. The van der Waals surface area contributed by atoms with Crippen molar-refractivity contribution in [2.45, 2.75) is 42.7 Å². The van der Waals surface area contributed by atoms with E-state index >= 15 is 8.78 Å². The van der Waals surface area contributed by atoms with Crippen LogP contribution in [0, 0.1) is 17.0 Å². The predicted molar refractivity (Wildman–Crippen MR) is 122 cm³/mol. The fraction of sp³-hybridized carbons (Fsp3) is 0.423. The average Bonchev–Trinajstić information content (AvgIpc) is 3.27. The van der Waals surface area contributed by atoms with Gasteiger partial charge in [0.2, 0.25) is 0 Å². The third-order valence-electron chi connectivity index (χ3n) is 8.04. The Hall–Kier alpha value is -3.31. The molecular formula is C26H24F4N4O3. The molecule has 1 saturated heterocycles. The molecule has 4 fully saturated rings. The van der Waals surface area contributed by atoms with Gasteiger partial charge in [0, 0.05) is 17.0 Å². The second kappa shape index (κ2) is 8.35. The zero-order valence-corrected chi connectivity index (χ0v) is 19.7. The Morgan fingerprint density at radius 3 is 2.41 bits per heavy atom. The molecule has 1 atom stereocenters. The molecule has 11 heteroatoms. The lowest BCUT2D eigenvalue weighted by Gasteiger charge is -2.74. The molecule has 7 nitrogen and oxygen atoms in total. The minimum Gasteiger partial charge on any atom is -0.490 e. The molecule has 2 aromatic carbocycles. The summed E-state index contributed by atoms with van der Waals surface area (Å²) in [5.74, 6) is -5.27. The van der Waals surface area contributed by atoms with Gasteiger partial charge in [-0.25, -0.2) is 22.2 Å². The molecule has 0 amide bonds. The van der Waals surface area contributed by atoms with Crippen LogP contribution in [0.3, 0.4) is 0 Å². The smallest absolute Gasteiger partial charge is 0.287 e. The van der Waals surface area contributed by atoms with E-state index in [-0.39, 0.29) is 19.3 Å². The number of rotatable bonds is 9.